The molecule has 2 unspecified atom stereocenters. The average molecular weight is 484 g/mol. The van der Waals surface area contributed by atoms with E-state index in [0.29, 0.717) is 19.3 Å². The molecule has 34 heavy (non-hydrogen) atoms. The van der Waals surface area contributed by atoms with Crippen molar-refractivity contribution in [3.63, 3.8) is 0 Å². The number of alkyl halides is 3. The third kappa shape index (κ3) is 8.46. The van der Waals surface area contributed by atoms with Crippen molar-refractivity contribution < 1.29 is 32.3 Å². The molecule has 0 aromatic heterocycles. The summed E-state index contributed by atoms with van der Waals surface area (Å²) in [7, 11) is 0. The summed E-state index contributed by atoms with van der Waals surface area (Å²) in [5.74, 6) is -4.23. The van der Waals surface area contributed by atoms with Crippen LogP contribution in [0.1, 0.15) is 57.9 Å². The van der Waals surface area contributed by atoms with Crippen LogP contribution in [0, 0.1) is 11.3 Å². The highest BCUT2D eigenvalue weighted by Crippen LogP contribution is 2.37. The van der Waals surface area contributed by atoms with Gasteiger partial charge in [0.05, 0.1) is 12.0 Å². The first-order valence-electron chi connectivity index (χ1n) is 11.2. The number of halogens is 3. The molecule has 1 saturated heterocycles. The van der Waals surface area contributed by atoms with Crippen LogP contribution in [-0.4, -0.2) is 48.8 Å². The summed E-state index contributed by atoms with van der Waals surface area (Å²) >= 11 is 0. The van der Waals surface area contributed by atoms with Crippen molar-refractivity contribution in [3.05, 3.63) is 35.9 Å². The Morgan fingerprint density at radius 2 is 1.79 bits per heavy atom. The van der Waals surface area contributed by atoms with Gasteiger partial charge in [-0.1, -0.05) is 51.1 Å². The van der Waals surface area contributed by atoms with Gasteiger partial charge in [0.2, 0.25) is 17.7 Å². The minimum Gasteiger partial charge on any atom is -0.356 e. The summed E-state index contributed by atoms with van der Waals surface area (Å²) in [5.41, 5.74) is -0.488. The van der Waals surface area contributed by atoms with Gasteiger partial charge < -0.3 is 20.7 Å². The molecule has 1 aliphatic heterocycles. The molecule has 1 aromatic carbocycles. The molecule has 0 radical (unpaired) electrons. The lowest BCUT2D eigenvalue weighted by atomic mass is 9.87. The summed E-state index contributed by atoms with van der Waals surface area (Å²) < 4.78 is 40.9. The highest BCUT2D eigenvalue weighted by atomic mass is 19.4. The van der Waals surface area contributed by atoms with Gasteiger partial charge in [0.25, 0.3) is 0 Å². The summed E-state index contributed by atoms with van der Waals surface area (Å²) in [5, 5.41) is 7.62. The van der Waals surface area contributed by atoms with Gasteiger partial charge in [-0.05, 0) is 30.2 Å². The van der Waals surface area contributed by atoms with Crippen LogP contribution < -0.4 is 16.0 Å². The van der Waals surface area contributed by atoms with Gasteiger partial charge in [-0.2, -0.15) is 13.2 Å². The molecule has 1 aromatic rings. The number of hydrogen-bond acceptors (Lipinski definition) is 4. The van der Waals surface area contributed by atoms with Crippen LogP contribution in [0.15, 0.2) is 30.3 Å². The third-order valence-corrected chi connectivity index (χ3v) is 5.65. The van der Waals surface area contributed by atoms with E-state index < -0.39 is 53.7 Å². The maximum Gasteiger partial charge on any atom is 0.396 e. The second-order valence-corrected chi connectivity index (χ2v) is 9.86. The molecule has 0 aliphatic carbocycles. The smallest absolute Gasteiger partial charge is 0.356 e. The quantitative estimate of drug-likeness (QED) is 0.445. The van der Waals surface area contributed by atoms with Gasteiger partial charge in [-0.15, -0.1) is 0 Å². The molecule has 3 amide bonds. The number of hydrogen-bond donors (Lipinski definition) is 3. The fraction of sp³-hybridized carbons (Fsp3) is 0.583. The van der Waals surface area contributed by atoms with Gasteiger partial charge in [0.15, 0.2) is 0 Å². The summed E-state index contributed by atoms with van der Waals surface area (Å²) in [4.78, 5) is 48.9. The lowest BCUT2D eigenvalue weighted by molar-refractivity contribution is -0.157. The Kier molecular flexibility index (Phi) is 9.23. The Hall–Kier alpha value is -2.91. The van der Waals surface area contributed by atoms with Crippen molar-refractivity contribution in [2.45, 2.75) is 70.6 Å². The predicted octanol–water partition coefficient (Wildman–Crippen LogP) is 2.85. The lowest BCUT2D eigenvalue weighted by Gasteiger charge is -2.28. The largest absolute Gasteiger partial charge is 0.396 e. The van der Waals surface area contributed by atoms with Crippen LogP contribution in [0.3, 0.4) is 0 Å². The lowest BCUT2D eigenvalue weighted by Crippen LogP contribution is -2.52. The highest BCUT2D eigenvalue weighted by Gasteiger charge is 2.42. The number of rotatable bonds is 10. The second-order valence-electron chi connectivity index (χ2n) is 9.86. The molecule has 1 fully saturated rings. The standard InChI is InChI=1S/C24H32F3N3O4/c1-23(2,3)13-19(22(34)29-17(14-31)11-16-9-10-28-21(16)33)30-20(32)12-18(24(25,26)27)15-7-5-4-6-8-15/h4-8,14,16-19H,9-13H2,1-3H3,(H,28,33)(H,29,34)(H,30,32)/t16-,17?,18?,19-/m0/s1. The molecule has 188 valence electrons. The van der Waals surface area contributed by atoms with Gasteiger partial charge >= 0.3 is 6.18 Å². The average Bonchev–Trinajstić information content (AvgIpc) is 3.14. The van der Waals surface area contributed by atoms with E-state index in [4.69, 9.17) is 0 Å². The molecule has 0 saturated carbocycles. The SMILES string of the molecule is CC(C)(C)C[C@H](NC(=O)CC(c1ccccc1)C(F)(F)F)C(=O)NC(C=O)C[C@@H]1CCNC1=O. The molecular formula is C24H32F3N3O4. The van der Waals surface area contributed by atoms with Crippen molar-refractivity contribution in [1.29, 1.82) is 0 Å². The summed E-state index contributed by atoms with van der Waals surface area (Å²) in [6, 6.07) is 5.03. The molecule has 1 aliphatic rings. The highest BCUT2D eigenvalue weighted by molar-refractivity contribution is 5.89. The Bertz CT molecular complexity index is 868. The van der Waals surface area contributed by atoms with Crippen LogP contribution in [0.5, 0.6) is 0 Å². The van der Waals surface area contributed by atoms with Crippen LogP contribution in [0.2, 0.25) is 0 Å². The minimum absolute atomic E-state index is 0.0437. The summed E-state index contributed by atoms with van der Waals surface area (Å²) in [6.07, 6.45) is -4.21. The number of benzene rings is 1. The molecule has 1 heterocycles. The molecule has 4 atom stereocenters. The number of carbonyl (C=O) groups excluding carboxylic acids is 4. The fourth-order valence-corrected chi connectivity index (χ4v) is 3.98. The van der Waals surface area contributed by atoms with Crippen molar-refractivity contribution in [3.8, 4) is 0 Å². The number of carbonyl (C=O) groups is 4. The van der Waals surface area contributed by atoms with E-state index >= 15 is 0 Å². The van der Waals surface area contributed by atoms with Crippen molar-refractivity contribution in [2.24, 2.45) is 11.3 Å². The summed E-state index contributed by atoms with van der Waals surface area (Å²) in [6.45, 7) is 5.96. The van der Waals surface area contributed by atoms with Crippen molar-refractivity contribution >= 4 is 24.0 Å². The second kappa shape index (κ2) is 11.5. The minimum atomic E-state index is -4.65. The zero-order chi connectivity index (χ0) is 25.5. The van der Waals surface area contributed by atoms with E-state index in [1.807, 2.05) is 20.8 Å². The van der Waals surface area contributed by atoms with E-state index in [-0.39, 0.29) is 24.3 Å². The van der Waals surface area contributed by atoms with E-state index in [9.17, 15) is 32.3 Å². The van der Waals surface area contributed by atoms with E-state index in [0.717, 1.165) is 0 Å². The molecule has 7 nitrogen and oxygen atoms in total. The molecule has 10 heteroatoms. The first-order valence-corrected chi connectivity index (χ1v) is 11.2. The fourth-order valence-electron chi connectivity index (χ4n) is 3.98. The maximum atomic E-state index is 13.6. The Morgan fingerprint density at radius 3 is 2.29 bits per heavy atom. The normalized spacial score (nSPS) is 19.0. The third-order valence-electron chi connectivity index (χ3n) is 5.65. The first kappa shape index (κ1) is 27.3. The van der Waals surface area contributed by atoms with Crippen LogP contribution in [0.4, 0.5) is 13.2 Å². The molecule has 0 spiro atoms. The number of amides is 3. The molecular weight excluding hydrogens is 451 g/mol. The maximum absolute atomic E-state index is 13.6. The van der Waals surface area contributed by atoms with E-state index in [1.165, 1.54) is 24.3 Å². The van der Waals surface area contributed by atoms with Crippen molar-refractivity contribution in [2.75, 3.05) is 6.54 Å². The Balaban J connectivity index is 2.11. The van der Waals surface area contributed by atoms with E-state index in [1.54, 1.807) is 6.07 Å². The van der Waals surface area contributed by atoms with Crippen LogP contribution in [0.25, 0.3) is 0 Å². The molecule has 3 N–H and O–H groups in total. The molecule has 2 rings (SSSR count). The van der Waals surface area contributed by atoms with Gasteiger partial charge in [0, 0.05) is 18.9 Å². The van der Waals surface area contributed by atoms with Crippen molar-refractivity contribution in [1.82, 2.24) is 16.0 Å². The predicted molar refractivity (Wildman–Crippen MR) is 120 cm³/mol. The van der Waals surface area contributed by atoms with Crippen LogP contribution >= 0.6 is 0 Å². The van der Waals surface area contributed by atoms with Gasteiger partial charge in [0.1, 0.15) is 12.3 Å². The monoisotopic (exact) mass is 483 g/mol. The van der Waals surface area contributed by atoms with Gasteiger partial charge in [-0.3, -0.25) is 14.4 Å². The number of nitrogens with one attached hydrogen (secondary N) is 3. The van der Waals surface area contributed by atoms with E-state index in [2.05, 4.69) is 16.0 Å². The number of aldehydes is 1. The van der Waals surface area contributed by atoms with Crippen LogP contribution in [-0.2, 0) is 19.2 Å². The topological polar surface area (TPSA) is 104 Å². The first-order chi connectivity index (χ1) is 15.8. The zero-order valence-electron chi connectivity index (χ0n) is 19.6. The molecule has 0 bridgehead atoms. The van der Waals surface area contributed by atoms with Gasteiger partial charge in [-0.25, -0.2) is 0 Å². The zero-order valence-corrected chi connectivity index (χ0v) is 19.6. The Morgan fingerprint density at radius 1 is 1.15 bits per heavy atom. The Labute approximate surface area is 197 Å².